The van der Waals surface area contributed by atoms with Gasteiger partial charge in [0.15, 0.2) is 0 Å². The summed E-state index contributed by atoms with van der Waals surface area (Å²) in [5.74, 6) is -0.0711. The predicted molar refractivity (Wildman–Crippen MR) is 93.5 cm³/mol. The Labute approximate surface area is 145 Å². The normalized spacial score (nSPS) is 10.4. The van der Waals surface area contributed by atoms with Crippen LogP contribution < -0.4 is 0 Å². The van der Waals surface area contributed by atoms with Crippen LogP contribution in [-0.2, 0) is 13.1 Å². The lowest BCUT2D eigenvalue weighted by Crippen LogP contribution is -2.30. The molecule has 0 aliphatic heterocycles. The molecule has 3 rings (SSSR count). The molecule has 0 aliphatic carbocycles. The van der Waals surface area contributed by atoms with Gasteiger partial charge in [0.1, 0.15) is 0 Å². The second-order valence-electron chi connectivity index (χ2n) is 5.39. The van der Waals surface area contributed by atoms with Gasteiger partial charge >= 0.3 is 0 Å². The highest BCUT2D eigenvalue weighted by Gasteiger charge is 2.17. The van der Waals surface area contributed by atoms with Gasteiger partial charge in [-0.2, -0.15) is 0 Å². The fourth-order valence-corrected chi connectivity index (χ4v) is 2.61. The molecule has 0 aliphatic rings. The number of carbonyl (C=O) groups is 1. The number of rotatable bonds is 5. The van der Waals surface area contributed by atoms with Crippen molar-refractivity contribution in [2.75, 3.05) is 0 Å². The van der Waals surface area contributed by atoms with Crippen LogP contribution in [-0.4, -0.2) is 20.8 Å². The maximum atomic E-state index is 12.9. The van der Waals surface area contributed by atoms with Gasteiger partial charge in [-0.05, 0) is 47.5 Å². The zero-order chi connectivity index (χ0) is 16.8. The van der Waals surface area contributed by atoms with Crippen LogP contribution in [0.25, 0.3) is 0 Å². The van der Waals surface area contributed by atoms with E-state index in [9.17, 15) is 4.79 Å². The SMILES string of the molecule is O=C(c1cccc(Cl)c1)N(Cc1ccncc1)Cc1cccnc1. The van der Waals surface area contributed by atoms with E-state index in [4.69, 9.17) is 11.6 Å². The number of carbonyl (C=O) groups excluding carboxylic acids is 1. The van der Waals surface area contributed by atoms with Gasteiger partial charge in [-0.15, -0.1) is 0 Å². The Bertz CT molecular complexity index is 768. The lowest BCUT2D eigenvalue weighted by molar-refractivity contribution is 0.0730. The molecule has 1 amide bonds. The topological polar surface area (TPSA) is 46.1 Å². The van der Waals surface area contributed by atoms with Gasteiger partial charge in [0.2, 0.25) is 0 Å². The number of benzene rings is 1. The summed E-state index contributed by atoms with van der Waals surface area (Å²) in [6.07, 6.45) is 6.93. The van der Waals surface area contributed by atoms with Crippen molar-refractivity contribution in [3.05, 3.63) is 95.0 Å². The Morgan fingerprint density at radius 3 is 2.42 bits per heavy atom. The van der Waals surface area contributed by atoms with Gasteiger partial charge in [-0.1, -0.05) is 23.7 Å². The quantitative estimate of drug-likeness (QED) is 0.707. The Hall–Kier alpha value is -2.72. The largest absolute Gasteiger partial charge is 0.330 e. The van der Waals surface area contributed by atoms with Crippen molar-refractivity contribution in [3.63, 3.8) is 0 Å². The van der Waals surface area contributed by atoms with E-state index in [-0.39, 0.29) is 5.91 Å². The first-order valence-corrected chi connectivity index (χ1v) is 7.93. The standard InChI is InChI=1S/C19H16ClN3O/c20-18-5-1-4-17(11-18)19(24)23(13-15-6-9-21-10-7-15)14-16-3-2-8-22-12-16/h1-12H,13-14H2. The van der Waals surface area contributed by atoms with Gasteiger partial charge in [0.25, 0.3) is 5.91 Å². The highest BCUT2D eigenvalue weighted by Crippen LogP contribution is 2.16. The first-order valence-electron chi connectivity index (χ1n) is 7.55. The number of amides is 1. The van der Waals surface area contributed by atoms with Crippen molar-refractivity contribution in [3.8, 4) is 0 Å². The molecule has 24 heavy (non-hydrogen) atoms. The fourth-order valence-electron chi connectivity index (χ4n) is 2.42. The minimum atomic E-state index is -0.0711. The summed E-state index contributed by atoms with van der Waals surface area (Å²) in [5, 5.41) is 0.547. The van der Waals surface area contributed by atoms with E-state index in [1.807, 2.05) is 24.3 Å². The third-order valence-electron chi connectivity index (χ3n) is 3.58. The lowest BCUT2D eigenvalue weighted by Gasteiger charge is -2.23. The number of nitrogens with zero attached hydrogens (tertiary/aromatic N) is 3. The van der Waals surface area contributed by atoms with Gasteiger partial charge in [-0.3, -0.25) is 14.8 Å². The molecule has 2 aromatic heterocycles. The van der Waals surface area contributed by atoms with Crippen molar-refractivity contribution < 1.29 is 4.79 Å². The van der Waals surface area contributed by atoms with Gasteiger partial charge in [0, 0.05) is 48.5 Å². The van der Waals surface area contributed by atoms with Gasteiger partial charge in [0.05, 0.1) is 0 Å². The molecule has 0 saturated heterocycles. The third kappa shape index (κ3) is 4.18. The Kier molecular flexibility index (Phi) is 5.18. The Morgan fingerprint density at radius 2 is 1.71 bits per heavy atom. The molecule has 4 nitrogen and oxygen atoms in total. The highest BCUT2D eigenvalue weighted by molar-refractivity contribution is 6.30. The second kappa shape index (κ2) is 7.70. The predicted octanol–water partition coefficient (Wildman–Crippen LogP) is 3.97. The summed E-state index contributed by atoms with van der Waals surface area (Å²) in [6.45, 7) is 0.963. The molecule has 1 aromatic carbocycles. The molecule has 5 heteroatoms. The molecule has 0 spiro atoms. The van der Waals surface area contributed by atoms with Crippen LogP contribution in [0.5, 0.6) is 0 Å². The van der Waals surface area contributed by atoms with Crippen LogP contribution in [0.15, 0.2) is 73.3 Å². The minimum Gasteiger partial charge on any atom is -0.330 e. The molecule has 2 heterocycles. The molecule has 0 bridgehead atoms. The van der Waals surface area contributed by atoms with Gasteiger partial charge in [-0.25, -0.2) is 0 Å². The average molecular weight is 338 g/mol. The summed E-state index contributed by atoms with van der Waals surface area (Å²) in [5.41, 5.74) is 2.56. The van der Waals surface area contributed by atoms with E-state index in [1.54, 1.807) is 54.0 Å². The van der Waals surface area contributed by atoms with E-state index in [1.165, 1.54) is 0 Å². The molecule has 0 saturated carbocycles. The minimum absolute atomic E-state index is 0.0711. The van der Waals surface area contributed by atoms with Crippen molar-refractivity contribution in [2.24, 2.45) is 0 Å². The van der Waals surface area contributed by atoms with Crippen LogP contribution in [0.1, 0.15) is 21.5 Å². The second-order valence-corrected chi connectivity index (χ2v) is 5.82. The van der Waals surface area contributed by atoms with Crippen LogP contribution in [0, 0.1) is 0 Å². The van der Waals surface area contributed by atoms with Crippen LogP contribution >= 0.6 is 11.6 Å². The molecule has 0 N–H and O–H groups in total. The zero-order valence-corrected chi connectivity index (χ0v) is 13.7. The monoisotopic (exact) mass is 337 g/mol. The molecular formula is C19H16ClN3O. The molecular weight excluding hydrogens is 322 g/mol. The zero-order valence-electron chi connectivity index (χ0n) is 13.0. The smallest absolute Gasteiger partial charge is 0.254 e. The van der Waals surface area contributed by atoms with E-state index < -0.39 is 0 Å². The lowest BCUT2D eigenvalue weighted by atomic mass is 10.1. The van der Waals surface area contributed by atoms with E-state index in [0.29, 0.717) is 23.7 Å². The van der Waals surface area contributed by atoms with Crippen LogP contribution in [0.2, 0.25) is 5.02 Å². The summed E-state index contributed by atoms with van der Waals surface area (Å²) >= 11 is 6.02. The molecule has 0 atom stereocenters. The van der Waals surface area contributed by atoms with Crippen molar-refractivity contribution in [1.82, 2.24) is 14.9 Å². The van der Waals surface area contributed by atoms with Crippen LogP contribution in [0.4, 0.5) is 0 Å². The van der Waals surface area contributed by atoms with Gasteiger partial charge < -0.3 is 4.90 Å². The molecule has 120 valence electrons. The van der Waals surface area contributed by atoms with Crippen LogP contribution in [0.3, 0.4) is 0 Å². The molecule has 0 radical (unpaired) electrons. The summed E-state index contributed by atoms with van der Waals surface area (Å²) in [7, 11) is 0. The number of aromatic nitrogens is 2. The average Bonchev–Trinajstić information content (AvgIpc) is 2.62. The Balaban J connectivity index is 1.87. The molecule has 3 aromatic rings. The van der Waals surface area contributed by atoms with E-state index >= 15 is 0 Å². The number of hydrogen-bond donors (Lipinski definition) is 0. The Morgan fingerprint density at radius 1 is 0.917 bits per heavy atom. The number of hydrogen-bond acceptors (Lipinski definition) is 3. The first-order chi connectivity index (χ1) is 11.7. The van der Waals surface area contributed by atoms with Crippen molar-refractivity contribution in [2.45, 2.75) is 13.1 Å². The number of pyridine rings is 2. The maximum Gasteiger partial charge on any atom is 0.254 e. The summed E-state index contributed by atoms with van der Waals surface area (Å²) in [4.78, 5) is 22.9. The van der Waals surface area contributed by atoms with E-state index in [0.717, 1.165) is 11.1 Å². The van der Waals surface area contributed by atoms with E-state index in [2.05, 4.69) is 9.97 Å². The van der Waals surface area contributed by atoms with Crippen molar-refractivity contribution in [1.29, 1.82) is 0 Å². The maximum absolute atomic E-state index is 12.9. The highest BCUT2D eigenvalue weighted by atomic mass is 35.5. The fraction of sp³-hybridized carbons (Fsp3) is 0.105. The number of halogens is 1. The van der Waals surface area contributed by atoms with Crippen molar-refractivity contribution >= 4 is 17.5 Å². The summed E-state index contributed by atoms with van der Waals surface area (Å²) in [6, 6.07) is 14.6. The summed E-state index contributed by atoms with van der Waals surface area (Å²) < 4.78 is 0. The molecule has 0 unspecified atom stereocenters. The first kappa shape index (κ1) is 16.1. The molecule has 0 fully saturated rings. The third-order valence-corrected chi connectivity index (χ3v) is 3.81.